The van der Waals surface area contributed by atoms with Gasteiger partial charge in [0.1, 0.15) is 47.3 Å². The smallest absolute Gasteiger partial charge is 0.408 e. The standard InChI is InChI=1S/C46H68N4O12S/c1-30(2)39(42(55)47-33(26-27-63(12,57)58)28-38(52)62-46(9,10)11)50-41(54)35(24-25-37(51)61-45(6,7)8)48-40(53)36(49-43(56)59-29-32-16-14-13-15-17-32)23-20-31-18-21-34(22-19-31)60-44(3,4)5/h13-19,21-22,26-27,30,33,35-36,39H,20,23-25,28-29H2,1-12H3,(H,47,55)(H,48,53)(H,49,56)(H,50,54). The Balaban J connectivity index is 2.42. The number of hydrogen-bond acceptors (Lipinski definition) is 12. The highest BCUT2D eigenvalue weighted by atomic mass is 32.2. The summed E-state index contributed by atoms with van der Waals surface area (Å²) in [5, 5.41) is 11.4. The second-order valence-electron chi connectivity index (χ2n) is 18.6. The molecule has 0 bridgehead atoms. The van der Waals surface area contributed by atoms with Crippen molar-refractivity contribution in [1.29, 1.82) is 0 Å². The highest BCUT2D eigenvalue weighted by molar-refractivity contribution is 7.93. The highest BCUT2D eigenvalue weighted by Crippen LogP contribution is 2.20. The number of hydrogen-bond donors (Lipinski definition) is 4. The van der Waals surface area contributed by atoms with Crippen molar-refractivity contribution < 1.29 is 56.1 Å². The van der Waals surface area contributed by atoms with E-state index in [2.05, 4.69) is 21.3 Å². The van der Waals surface area contributed by atoms with Gasteiger partial charge in [0, 0.05) is 18.1 Å². The Morgan fingerprint density at radius 2 is 1.21 bits per heavy atom. The molecule has 0 fully saturated rings. The molecule has 2 rings (SSSR count). The topological polar surface area (TPSA) is 222 Å². The molecule has 2 aromatic rings. The molecule has 4 amide bonds. The van der Waals surface area contributed by atoms with Crippen LogP contribution in [-0.2, 0) is 61.0 Å². The van der Waals surface area contributed by atoms with E-state index in [1.807, 2.05) is 39.0 Å². The Labute approximate surface area is 372 Å². The molecule has 0 radical (unpaired) electrons. The van der Waals surface area contributed by atoms with E-state index in [-0.39, 0.29) is 25.9 Å². The second kappa shape index (κ2) is 23.8. The minimum Gasteiger partial charge on any atom is -0.488 e. The van der Waals surface area contributed by atoms with Crippen LogP contribution in [0.2, 0.25) is 0 Å². The third-order valence-corrected chi connectivity index (χ3v) is 9.17. The lowest BCUT2D eigenvalue weighted by Gasteiger charge is -2.28. The third kappa shape index (κ3) is 23.5. The number of aryl methyl sites for hydroxylation is 1. The molecule has 0 aromatic heterocycles. The van der Waals surface area contributed by atoms with Gasteiger partial charge in [-0.05, 0) is 111 Å². The molecule has 350 valence electrons. The average molecular weight is 901 g/mol. The Bertz CT molecular complexity index is 1980. The van der Waals surface area contributed by atoms with Crippen molar-refractivity contribution >= 4 is 45.6 Å². The van der Waals surface area contributed by atoms with E-state index < -0.39 is 98.9 Å². The first-order valence-corrected chi connectivity index (χ1v) is 22.9. The van der Waals surface area contributed by atoms with Gasteiger partial charge >= 0.3 is 18.0 Å². The predicted molar refractivity (Wildman–Crippen MR) is 239 cm³/mol. The highest BCUT2D eigenvalue weighted by Gasteiger charge is 2.33. The fraction of sp³-hybridized carbons (Fsp3) is 0.565. The van der Waals surface area contributed by atoms with Gasteiger partial charge in [0.25, 0.3) is 0 Å². The number of benzene rings is 2. The van der Waals surface area contributed by atoms with Gasteiger partial charge < -0.3 is 40.2 Å². The molecule has 2 aromatic carbocycles. The molecular weight excluding hydrogens is 833 g/mol. The van der Waals surface area contributed by atoms with Crippen molar-refractivity contribution in [3.8, 4) is 5.75 Å². The minimum atomic E-state index is -3.66. The van der Waals surface area contributed by atoms with Crippen molar-refractivity contribution in [3.63, 3.8) is 0 Å². The summed E-state index contributed by atoms with van der Waals surface area (Å²) in [7, 11) is -3.66. The van der Waals surface area contributed by atoms with Gasteiger partial charge in [-0.1, -0.05) is 62.4 Å². The molecule has 17 heteroatoms. The minimum absolute atomic E-state index is 0.0709. The second-order valence-corrected chi connectivity index (χ2v) is 20.6. The molecule has 0 aliphatic heterocycles. The Morgan fingerprint density at radius 3 is 1.75 bits per heavy atom. The van der Waals surface area contributed by atoms with Crippen LogP contribution < -0.4 is 26.0 Å². The summed E-state index contributed by atoms with van der Waals surface area (Å²) in [5.41, 5.74) is -0.566. The SMILES string of the molecule is CC(C)C(NC(=O)C(CCC(=O)OC(C)(C)C)NC(=O)C(CCc1ccc(OC(C)(C)C)cc1)NC(=O)OCc1ccccc1)C(=O)NC(C=CS(C)(=O)=O)CC(=O)OC(C)(C)C. The number of sulfone groups is 1. The molecule has 0 heterocycles. The molecule has 0 saturated carbocycles. The largest absolute Gasteiger partial charge is 0.488 e. The van der Waals surface area contributed by atoms with E-state index in [9.17, 15) is 37.2 Å². The van der Waals surface area contributed by atoms with E-state index in [0.29, 0.717) is 12.2 Å². The van der Waals surface area contributed by atoms with E-state index >= 15 is 0 Å². The van der Waals surface area contributed by atoms with Crippen LogP contribution in [0.3, 0.4) is 0 Å². The van der Waals surface area contributed by atoms with E-state index in [0.717, 1.165) is 28.9 Å². The van der Waals surface area contributed by atoms with Crippen LogP contribution in [-0.4, -0.2) is 91.4 Å². The fourth-order valence-electron chi connectivity index (χ4n) is 5.79. The third-order valence-electron chi connectivity index (χ3n) is 8.52. The van der Waals surface area contributed by atoms with E-state index in [4.69, 9.17) is 18.9 Å². The van der Waals surface area contributed by atoms with Crippen LogP contribution >= 0.6 is 0 Å². The van der Waals surface area contributed by atoms with E-state index in [1.54, 1.807) is 91.8 Å². The lowest BCUT2D eigenvalue weighted by molar-refractivity contribution is -0.156. The van der Waals surface area contributed by atoms with Gasteiger partial charge in [0.15, 0.2) is 9.84 Å². The van der Waals surface area contributed by atoms with Crippen molar-refractivity contribution in [2.24, 2.45) is 5.92 Å². The number of rotatable bonds is 21. The zero-order chi connectivity index (χ0) is 47.8. The lowest BCUT2D eigenvalue weighted by Crippen LogP contribution is -2.58. The Hall–Kier alpha value is -5.45. The van der Waals surface area contributed by atoms with Crippen LogP contribution in [0.1, 0.15) is 113 Å². The number of alkyl carbamates (subject to hydrolysis) is 1. The van der Waals surface area contributed by atoms with Crippen molar-refractivity contribution in [2.75, 3.05) is 6.26 Å². The van der Waals surface area contributed by atoms with Gasteiger partial charge in [-0.2, -0.15) is 0 Å². The molecule has 0 saturated heterocycles. The van der Waals surface area contributed by atoms with Crippen molar-refractivity contribution in [2.45, 2.75) is 156 Å². The summed E-state index contributed by atoms with van der Waals surface area (Å²) in [6.07, 6.45) is 0.627. The van der Waals surface area contributed by atoms with Crippen LogP contribution in [0.5, 0.6) is 5.75 Å². The lowest BCUT2D eigenvalue weighted by atomic mass is 10.0. The van der Waals surface area contributed by atoms with Gasteiger partial charge in [-0.25, -0.2) is 13.2 Å². The number of carbonyl (C=O) groups is 6. The summed E-state index contributed by atoms with van der Waals surface area (Å²) >= 11 is 0. The summed E-state index contributed by atoms with van der Waals surface area (Å²) in [5.74, 6) is -3.63. The summed E-state index contributed by atoms with van der Waals surface area (Å²) in [4.78, 5) is 80.8. The summed E-state index contributed by atoms with van der Waals surface area (Å²) in [6.45, 7) is 19.0. The fourth-order valence-corrected chi connectivity index (χ4v) is 6.26. The summed E-state index contributed by atoms with van der Waals surface area (Å²) < 4.78 is 46.1. The Kier molecular flexibility index (Phi) is 20.3. The van der Waals surface area contributed by atoms with Gasteiger partial charge in [0.2, 0.25) is 17.7 Å². The van der Waals surface area contributed by atoms with Gasteiger partial charge in [-0.3, -0.25) is 24.0 Å². The number of nitrogens with one attached hydrogen (secondary N) is 4. The van der Waals surface area contributed by atoms with Crippen molar-refractivity contribution in [1.82, 2.24) is 21.3 Å². The van der Waals surface area contributed by atoms with Crippen LogP contribution in [0.4, 0.5) is 4.79 Å². The predicted octanol–water partition coefficient (Wildman–Crippen LogP) is 5.61. The molecule has 16 nitrogen and oxygen atoms in total. The molecule has 0 spiro atoms. The number of amides is 4. The first kappa shape index (κ1) is 53.7. The van der Waals surface area contributed by atoms with Crippen molar-refractivity contribution in [3.05, 3.63) is 77.2 Å². The monoisotopic (exact) mass is 900 g/mol. The molecule has 4 N–H and O–H groups in total. The number of ether oxygens (including phenoxy) is 4. The van der Waals surface area contributed by atoms with Crippen LogP contribution in [0, 0.1) is 5.92 Å². The molecule has 0 aliphatic carbocycles. The summed E-state index contributed by atoms with van der Waals surface area (Å²) in [6, 6.07) is 11.2. The maximum absolute atomic E-state index is 14.1. The molecule has 63 heavy (non-hydrogen) atoms. The maximum Gasteiger partial charge on any atom is 0.408 e. The van der Waals surface area contributed by atoms with E-state index in [1.165, 1.54) is 0 Å². The first-order valence-electron chi connectivity index (χ1n) is 21.0. The average Bonchev–Trinajstić information content (AvgIpc) is 3.13. The molecule has 0 aliphatic rings. The molecule has 4 unspecified atom stereocenters. The molecular formula is C46H68N4O12S. The van der Waals surface area contributed by atoms with Gasteiger partial charge in [0.05, 0.1) is 12.5 Å². The normalized spacial score (nSPS) is 14.1. The molecule has 4 atom stereocenters. The maximum atomic E-state index is 14.1. The quantitative estimate of drug-likeness (QED) is 0.0887. The zero-order valence-electron chi connectivity index (χ0n) is 38.8. The zero-order valence-corrected chi connectivity index (χ0v) is 39.6. The van der Waals surface area contributed by atoms with Crippen LogP contribution in [0.25, 0.3) is 0 Å². The van der Waals surface area contributed by atoms with Crippen LogP contribution in [0.15, 0.2) is 66.1 Å². The van der Waals surface area contributed by atoms with Gasteiger partial charge in [-0.15, -0.1) is 0 Å². The number of esters is 2. The number of carbonyl (C=O) groups excluding carboxylic acids is 6. The Morgan fingerprint density at radius 1 is 0.651 bits per heavy atom. The first-order chi connectivity index (χ1) is 29.0.